The predicted octanol–water partition coefficient (Wildman–Crippen LogP) is 2.37. The quantitative estimate of drug-likeness (QED) is 0.707. The fourth-order valence-corrected chi connectivity index (χ4v) is 2.99. The molecule has 0 unspecified atom stereocenters. The summed E-state index contributed by atoms with van der Waals surface area (Å²) in [5.41, 5.74) is 2.12. The van der Waals surface area contributed by atoms with E-state index in [1.807, 2.05) is 29.7 Å². The number of hydrogen-bond donors (Lipinski definition) is 1. The van der Waals surface area contributed by atoms with E-state index in [4.69, 9.17) is 5.11 Å². The van der Waals surface area contributed by atoms with Crippen molar-refractivity contribution in [3.8, 4) is 0 Å². The number of nitrogens with zero attached hydrogens (tertiary/aromatic N) is 2. The van der Waals surface area contributed by atoms with Gasteiger partial charge in [0.15, 0.2) is 0 Å². The number of aliphatic hydroxyl groups is 1. The minimum atomic E-state index is 0.184. The third-order valence-corrected chi connectivity index (χ3v) is 4.51. The first-order valence-corrected chi connectivity index (χ1v) is 9.65. The summed E-state index contributed by atoms with van der Waals surface area (Å²) in [4.78, 5) is 9.20. The summed E-state index contributed by atoms with van der Waals surface area (Å²) in [6, 6.07) is 0. The van der Waals surface area contributed by atoms with Crippen LogP contribution in [-0.2, 0) is 12.8 Å². The van der Waals surface area contributed by atoms with Crippen molar-refractivity contribution in [2.24, 2.45) is 0 Å². The minimum Gasteiger partial charge on any atom is -0.396 e. The Morgan fingerprint density at radius 2 is 1.83 bits per heavy atom. The van der Waals surface area contributed by atoms with Gasteiger partial charge in [0.25, 0.3) is 0 Å². The molecule has 0 radical (unpaired) electrons. The highest BCUT2D eigenvalue weighted by molar-refractivity contribution is 7.99. The van der Waals surface area contributed by atoms with Crippen LogP contribution in [0, 0.1) is 0 Å². The van der Waals surface area contributed by atoms with E-state index in [0.29, 0.717) is 5.75 Å². The summed E-state index contributed by atoms with van der Waals surface area (Å²) in [5, 5.41) is 9.93. The second-order valence-electron chi connectivity index (χ2n) is 3.67. The molecule has 6 heteroatoms. The van der Waals surface area contributed by atoms with Gasteiger partial charge < -0.3 is 5.11 Å². The average Bonchev–Trinajstić information content (AvgIpc) is 2.41. The van der Waals surface area contributed by atoms with Gasteiger partial charge in [-0.25, -0.2) is 4.98 Å². The van der Waals surface area contributed by atoms with Crippen molar-refractivity contribution in [1.82, 2.24) is 9.97 Å². The third-order valence-electron chi connectivity index (χ3n) is 2.30. The molecule has 0 saturated heterocycles. The molecule has 0 aliphatic carbocycles. The van der Waals surface area contributed by atoms with E-state index in [1.165, 1.54) is 0 Å². The fraction of sp³-hybridized carbons (Fsp3) is 0.667. The fourth-order valence-electron chi connectivity index (χ4n) is 1.39. The van der Waals surface area contributed by atoms with Crippen molar-refractivity contribution in [1.29, 1.82) is 0 Å². The smallest absolute Gasteiger partial charge is 0.118 e. The SMILES string of the molecule is CSCCc1cnc(CCSC)c(SCCO)n1. The maximum Gasteiger partial charge on any atom is 0.118 e. The van der Waals surface area contributed by atoms with E-state index >= 15 is 0 Å². The summed E-state index contributed by atoms with van der Waals surface area (Å²) < 4.78 is 0. The molecular weight excluding hydrogens is 284 g/mol. The minimum absolute atomic E-state index is 0.184. The van der Waals surface area contributed by atoms with Crippen molar-refractivity contribution >= 4 is 35.3 Å². The molecule has 0 aliphatic heterocycles. The van der Waals surface area contributed by atoms with E-state index in [9.17, 15) is 0 Å². The molecule has 0 spiro atoms. The van der Waals surface area contributed by atoms with Gasteiger partial charge in [-0.1, -0.05) is 0 Å². The first kappa shape index (κ1) is 16.1. The molecule has 0 aliphatic rings. The molecule has 0 fully saturated rings. The van der Waals surface area contributed by atoms with E-state index in [0.717, 1.165) is 40.8 Å². The highest BCUT2D eigenvalue weighted by Crippen LogP contribution is 2.20. The van der Waals surface area contributed by atoms with Crippen LogP contribution in [-0.4, -0.2) is 51.5 Å². The molecule has 1 rings (SSSR count). The molecule has 1 aromatic heterocycles. The topological polar surface area (TPSA) is 46.0 Å². The number of aromatic nitrogens is 2. The molecule has 1 heterocycles. The lowest BCUT2D eigenvalue weighted by Gasteiger charge is -2.08. The zero-order valence-electron chi connectivity index (χ0n) is 10.9. The van der Waals surface area contributed by atoms with Gasteiger partial charge >= 0.3 is 0 Å². The van der Waals surface area contributed by atoms with Crippen molar-refractivity contribution in [2.45, 2.75) is 17.9 Å². The van der Waals surface area contributed by atoms with Crippen molar-refractivity contribution in [3.05, 3.63) is 17.6 Å². The van der Waals surface area contributed by atoms with Crippen LogP contribution in [0.3, 0.4) is 0 Å². The largest absolute Gasteiger partial charge is 0.396 e. The van der Waals surface area contributed by atoms with Crippen molar-refractivity contribution < 1.29 is 5.11 Å². The van der Waals surface area contributed by atoms with Crippen LogP contribution in [0.25, 0.3) is 0 Å². The highest BCUT2D eigenvalue weighted by Gasteiger charge is 2.08. The molecule has 0 saturated carbocycles. The number of hydrogen-bond acceptors (Lipinski definition) is 6. The Kier molecular flexibility index (Phi) is 8.92. The molecule has 1 aromatic rings. The Morgan fingerprint density at radius 1 is 1.11 bits per heavy atom. The maximum absolute atomic E-state index is 8.93. The lowest BCUT2D eigenvalue weighted by atomic mass is 10.3. The number of aryl methyl sites for hydroxylation is 2. The van der Waals surface area contributed by atoms with Crippen molar-refractivity contribution in [3.63, 3.8) is 0 Å². The zero-order chi connectivity index (χ0) is 13.2. The molecule has 18 heavy (non-hydrogen) atoms. The second kappa shape index (κ2) is 9.95. The summed E-state index contributed by atoms with van der Waals surface area (Å²) in [7, 11) is 0. The molecule has 0 amide bonds. The van der Waals surface area contributed by atoms with Gasteiger partial charge in [0.1, 0.15) is 5.03 Å². The Labute approximate surface area is 122 Å². The van der Waals surface area contributed by atoms with Gasteiger partial charge in [-0.15, -0.1) is 11.8 Å². The third kappa shape index (κ3) is 5.82. The highest BCUT2D eigenvalue weighted by atomic mass is 32.2. The van der Waals surface area contributed by atoms with E-state index in [-0.39, 0.29) is 6.61 Å². The Bertz CT molecular complexity index is 350. The lowest BCUT2D eigenvalue weighted by molar-refractivity contribution is 0.322. The van der Waals surface area contributed by atoms with Gasteiger partial charge in [0.05, 0.1) is 18.0 Å². The molecule has 102 valence electrons. The Morgan fingerprint density at radius 3 is 2.50 bits per heavy atom. The van der Waals surface area contributed by atoms with Crippen LogP contribution in [0.1, 0.15) is 11.4 Å². The van der Waals surface area contributed by atoms with E-state index in [2.05, 4.69) is 22.5 Å². The summed E-state index contributed by atoms with van der Waals surface area (Å²) in [6.45, 7) is 0.184. The van der Waals surface area contributed by atoms with Crippen LogP contribution in [0.4, 0.5) is 0 Å². The van der Waals surface area contributed by atoms with Crippen LogP contribution < -0.4 is 0 Å². The molecule has 0 aromatic carbocycles. The van der Waals surface area contributed by atoms with Crippen LogP contribution in [0.15, 0.2) is 11.2 Å². The maximum atomic E-state index is 8.93. The molecule has 1 N–H and O–H groups in total. The van der Waals surface area contributed by atoms with Gasteiger partial charge in [0, 0.05) is 24.8 Å². The first-order valence-electron chi connectivity index (χ1n) is 5.88. The summed E-state index contributed by atoms with van der Waals surface area (Å²) >= 11 is 5.24. The summed E-state index contributed by atoms with van der Waals surface area (Å²) in [5.74, 6) is 2.82. The molecule has 0 atom stereocenters. The molecular formula is C12H20N2OS3. The average molecular weight is 305 g/mol. The lowest BCUT2D eigenvalue weighted by Crippen LogP contribution is -2.04. The van der Waals surface area contributed by atoms with Gasteiger partial charge in [-0.2, -0.15) is 23.5 Å². The van der Waals surface area contributed by atoms with Crippen LogP contribution >= 0.6 is 35.3 Å². The zero-order valence-corrected chi connectivity index (χ0v) is 13.3. The van der Waals surface area contributed by atoms with Crippen LogP contribution in [0.2, 0.25) is 0 Å². The number of aliphatic hydroxyl groups excluding tert-OH is 1. The van der Waals surface area contributed by atoms with Crippen LogP contribution in [0.5, 0.6) is 0 Å². The Hall–Kier alpha value is 0.0900. The standard InChI is InChI=1S/C12H20N2OS3/c1-16-6-3-10-9-13-11(4-7-17-2)12(14-10)18-8-5-15/h9,15H,3-8H2,1-2H3. The number of thioether (sulfide) groups is 3. The van der Waals surface area contributed by atoms with E-state index < -0.39 is 0 Å². The van der Waals surface area contributed by atoms with Gasteiger partial charge in [0.2, 0.25) is 0 Å². The van der Waals surface area contributed by atoms with Crippen molar-refractivity contribution in [2.75, 3.05) is 36.4 Å². The number of rotatable bonds is 9. The summed E-state index contributed by atoms with van der Waals surface area (Å²) in [6.07, 6.45) is 8.01. The van der Waals surface area contributed by atoms with Gasteiger partial charge in [-0.05, 0) is 24.0 Å². The normalized spacial score (nSPS) is 10.8. The monoisotopic (exact) mass is 304 g/mol. The van der Waals surface area contributed by atoms with E-state index in [1.54, 1.807) is 11.8 Å². The second-order valence-corrected chi connectivity index (χ2v) is 6.73. The first-order chi connectivity index (χ1) is 8.81. The van der Waals surface area contributed by atoms with Gasteiger partial charge in [-0.3, -0.25) is 4.98 Å². The predicted molar refractivity (Wildman–Crippen MR) is 84.0 cm³/mol. The molecule has 0 bridgehead atoms. The molecule has 3 nitrogen and oxygen atoms in total. The Balaban J connectivity index is 2.74.